The van der Waals surface area contributed by atoms with Gasteiger partial charge in [-0.25, -0.2) is 9.78 Å². The van der Waals surface area contributed by atoms with Crippen LogP contribution in [-0.2, 0) is 14.3 Å². The first kappa shape index (κ1) is 19.3. The van der Waals surface area contributed by atoms with Crippen LogP contribution in [0.2, 0.25) is 0 Å². The van der Waals surface area contributed by atoms with Gasteiger partial charge in [0.15, 0.2) is 6.04 Å². The molecule has 0 saturated carbocycles. The quantitative estimate of drug-likeness (QED) is 0.485. The van der Waals surface area contributed by atoms with Gasteiger partial charge in [-0.2, -0.15) is 0 Å². The van der Waals surface area contributed by atoms with Crippen molar-refractivity contribution in [2.45, 2.75) is 6.04 Å². The molecule has 0 saturated heterocycles. The molecular weight excluding hydrogens is 388 g/mol. The molecule has 1 atom stereocenters. The second-order valence-corrected chi connectivity index (χ2v) is 6.59. The summed E-state index contributed by atoms with van der Waals surface area (Å²) in [6.07, 6.45) is 0. The number of benzene rings is 2. The molecule has 1 unspecified atom stereocenters. The van der Waals surface area contributed by atoms with Gasteiger partial charge in [0.1, 0.15) is 28.7 Å². The van der Waals surface area contributed by atoms with Crippen LogP contribution in [0.25, 0.3) is 16.6 Å². The molecule has 3 aromatic rings. The van der Waals surface area contributed by atoms with E-state index in [4.69, 9.17) is 19.9 Å². The lowest BCUT2D eigenvalue weighted by Crippen LogP contribution is -2.43. The van der Waals surface area contributed by atoms with Crippen molar-refractivity contribution in [3.63, 3.8) is 0 Å². The van der Waals surface area contributed by atoms with E-state index in [1.807, 2.05) is 24.3 Å². The van der Waals surface area contributed by atoms with E-state index in [1.165, 1.54) is 26.2 Å². The van der Waals surface area contributed by atoms with Crippen LogP contribution in [0.5, 0.6) is 11.5 Å². The number of nitrogens with zero attached hydrogens (tertiary/aromatic N) is 2. The first-order valence-electron chi connectivity index (χ1n) is 9.07. The monoisotopic (exact) mass is 408 g/mol. The SMILES string of the molecule is COC(=O)C1C(=O)C(c2nc3ccccc3[nH]2)=C(N)N1c1cc(OC)cc(OC)c1. The van der Waals surface area contributed by atoms with Gasteiger partial charge in [-0.1, -0.05) is 12.1 Å². The van der Waals surface area contributed by atoms with E-state index in [2.05, 4.69) is 9.97 Å². The summed E-state index contributed by atoms with van der Waals surface area (Å²) in [7, 11) is 4.23. The van der Waals surface area contributed by atoms with Gasteiger partial charge in [0.05, 0.1) is 38.1 Å². The van der Waals surface area contributed by atoms with Crippen LogP contribution in [0, 0.1) is 0 Å². The third-order valence-electron chi connectivity index (χ3n) is 4.93. The maximum atomic E-state index is 13.3. The third-order valence-corrected chi connectivity index (χ3v) is 4.93. The van der Waals surface area contributed by atoms with Crippen molar-refractivity contribution >= 4 is 34.0 Å². The lowest BCUT2D eigenvalue weighted by Gasteiger charge is -2.25. The third kappa shape index (κ3) is 3.00. The van der Waals surface area contributed by atoms with Crippen molar-refractivity contribution in [1.82, 2.24) is 9.97 Å². The van der Waals surface area contributed by atoms with Crippen molar-refractivity contribution in [3.8, 4) is 11.5 Å². The number of aromatic nitrogens is 2. The highest BCUT2D eigenvalue weighted by Crippen LogP contribution is 2.38. The molecule has 0 amide bonds. The maximum Gasteiger partial charge on any atom is 0.337 e. The Bertz CT molecular complexity index is 1130. The summed E-state index contributed by atoms with van der Waals surface area (Å²) in [5.74, 6) is 0.0570. The van der Waals surface area contributed by atoms with Gasteiger partial charge in [0.2, 0.25) is 5.78 Å². The van der Waals surface area contributed by atoms with Crippen molar-refractivity contribution in [2.75, 3.05) is 26.2 Å². The Hall–Kier alpha value is -4.01. The number of hydrogen-bond acceptors (Lipinski definition) is 8. The normalized spacial score (nSPS) is 16.3. The number of carbonyl (C=O) groups is 2. The molecule has 1 aromatic heterocycles. The zero-order chi connectivity index (χ0) is 21.4. The molecule has 1 aliphatic heterocycles. The number of hydrogen-bond donors (Lipinski definition) is 2. The van der Waals surface area contributed by atoms with Crippen LogP contribution in [0.1, 0.15) is 5.82 Å². The molecule has 0 aliphatic carbocycles. The van der Waals surface area contributed by atoms with Crippen molar-refractivity contribution in [2.24, 2.45) is 5.73 Å². The van der Waals surface area contributed by atoms with Gasteiger partial charge >= 0.3 is 5.97 Å². The summed E-state index contributed by atoms with van der Waals surface area (Å²) in [6.45, 7) is 0. The van der Waals surface area contributed by atoms with Crippen LogP contribution in [0.15, 0.2) is 48.3 Å². The van der Waals surface area contributed by atoms with Crippen LogP contribution < -0.4 is 20.1 Å². The Morgan fingerprint density at radius 2 is 1.77 bits per heavy atom. The molecule has 9 nitrogen and oxygen atoms in total. The van der Waals surface area contributed by atoms with E-state index in [0.29, 0.717) is 22.7 Å². The number of para-hydroxylation sites is 2. The lowest BCUT2D eigenvalue weighted by molar-refractivity contribution is -0.143. The van der Waals surface area contributed by atoms with E-state index in [0.717, 1.165) is 5.52 Å². The largest absolute Gasteiger partial charge is 0.497 e. The number of esters is 1. The Morgan fingerprint density at radius 3 is 2.37 bits per heavy atom. The summed E-state index contributed by atoms with van der Waals surface area (Å²) in [6, 6.07) is 11.0. The van der Waals surface area contributed by atoms with Gasteiger partial charge in [-0.05, 0) is 12.1 Å². The van der Waals surface area contributed by atoms with Crippen molar-refractivity contribution in [3.05, 3.63) is 54.1 Å². The Kier molecular flexibility index (Phi) is 4.78. The number of rotatable bonds is 5. The van der Waals surface area contributed by atoms with Crippen LogP contribution in [0.3, 0.4) is 0 Å². The molecule has 0 bridgehead atoms. The van der Waals surface area contributed by atoms with E-state index in [9.17, 15) is 9.59 Å². The number of ether oxygens (including phenoxy) is 3. The summed E-state index contributed by atoms with van der Waals surface area (Å²) >= 11 is 0. The van der Waals surface area contributed by atoms with Crippen LogP contribution in [-0.4, -0.2) is 49.1 Å². The van der Waals surface area contributed by atoms with Crippen molar-refractivity contribution < 1.29 is 23.8 Å². The summed E-state index contributed by atoms with van der Waals surface area (Å²) in [5.41, 5.74) is 8.38. The molecular formula is C21H20N4O5. The molecule has 2 aromatic carbocycles. The van der Waals surface area contributed by atoms with Crippen LogP contribution >= 0.6 is 0 Å². The average Bonchev–Trinajstić information content (AvgIpc) is 3.30. The summed E-state index contributed by atoms with van der Waals surface area (Å²) < 4.78 is 15.5. The molecule has 3 N–H and O–H groups in total. The molecule has 4 rings (SSSR count). The number of aromatic amines is 1. The first-order valence-corrected chi connectivity index (χ1v) is 9.07. The van der Waals surface area contributed by atoms with E-state index in [-0.39, 0.29) is 17.2 Å². The highest BCUT2D eigenvalue weighted by Gasteiger charge is 2.46. The number of H-pyrrole nitrogens is 1. The average molecular weight is 408 g/mol. The highest BCUT2D eigenvalue weighted by molar-refractivity contribution is 6.33. The Balaban J connectivity index is 1.90. The molecule has 0 fully saturated rings. The number of carbonyl (C=O) groups excluding carboxylic acids is 2. The number of anilines is 1. The lowest BCUT2D eigenvalue weighted by atomic mass is 10.1. The first-order chi connectivity index (χ1) is 14.5. The fraction of sp³-hybridized carbons (Fsp3) is 0.190. The minimum absolute atomic E-state index is 0.0739. The predicted molar refractivity (Wildman–Crippen MR) is 110 cm³/mol. The van der Waals surface area contributed by atoms with Gasteiger partial charge in [0, 0.05) is 18.2 Å². The molecule has 2 heterocycles. The fourth-order valence-electron chi connectivity index (χ4n) is 3.49. The van der Waals surface area contributed by atoms with E-state index in [1.54, 1.807) is 18.2 Å². The van der Waals surface area contributed by atoms with Gasteiger partial charge < -0.3 is 29.8 Å². The summed E-state index contributed by atoms with van der Waals surface area (Å²) in [5, 5.41) is 0. The van der Waals surface area contributed by atoms with Gasteiger partial charge in [-0.3, -0.25) is 4.79 Å². The molecule has 1 aliphatic rings. The minimum Gasteiger partial charge on any atom is -0.497 e. The number of Topliss-reactive ketones (excluding diaryl/α,β-unsaturated/α-hetero) is 1. The predicted octanol–water partition coefficient (Wildman–Crippen LogP) is 1.84. The Labute approximate surface area is 172 Å². The zero-order valence-corrected chi connectivity index (χ0v) is 16.6. The fourth-order valence-corrected chi connectivity index (χ4v) is 3.49. The van der Waals surface area contributed by atoms with Gasteiger partial charge in [-0.15, -0.1) is 0 Å². The zero-order valence-electron chi connectivity index (χ0n) is 16.6. The van der Waals surface area contributed by atoms with Crippen molar-refractivity contribution in [1.29, 1.82) is 0 Å². The van der Waals surface area contributed by atoms with Gasteiger partial charge in [0.25, 0.3) is 0 Å². The van der Waals surface area contributed by atoms with E-state index < -0.39 is 17.8 Å². The Morgan fingerprint density at radius 1 is 1.10 bits per heavy atom. The topological polar surface area (TPSA) is 120 Å². The molecule has 154 valence electrons. The number of ketones is 1. The number of nitrogens with one attached hydrogen (secondary N) is 1. The molecule has 0 spiro atoms. The smallest absolute Gasteiger partial charge is 0.337 e. The molecule has 0 radical (unpaired) electrons. The maximum absolute atomic E-state index is 13.3. The van der Waals surface area contributed by atoms with Crippen LogP contribution in [0.4, 0.5) is 5.69 Å². The number of fused-ring (bicyclic) bond motifs is 1. The second-order valence-electron chi connectivity index (χ2n) is 6.59. The number of methoxy groups -OCH3 is 3. The molecule has 30 heavy (non-hydrogen) atoms. The summed E-state index contributed by atoms with van der Waals surface area (Å²) in [4.78, 5) is 34.8. The molecule has 9 heteroatoms. The number of nitrogens with two attached hydrogens (primary N) is 1. The second kappa shape index (κ2) is 7.43. The standard InChI is InChI=1S/C21H20N4O5/c1-28-12-8-11(9-13(10-12)29-2)25-17(21(27)30-3)18(26)16(19(25)22)20-23-14-6-4-5-7-15(14)24-20/h4-10,17H,22H2,1-3H3,(H,23,24). The minimum atomic E-state index is -1.30. The van der Waals surface area contributed by atoms with E-state index >= 15 is 0 Å². The highest BCUT2D eigenvalue weighted by atomic mass is 16.5. The number of imidazole rings is 1.